The summed E-state index contributed by atoms with van der Waals surface area (Å²) < 4.78 is 2.22. The van der Waals surface area contributed by atoms with Crippen LogP contribution in [-0.4, -0.2) is 32.1 Å². The van der Waals surface area contributed by atoms with Gasteiger partial charge in [0.1, 0.15) is 0 Å². The minimum Gasteiger partial charge on any atom is -0.478 e. The largest absolute Gasteiger partial charge is 0.478 e. The van der Waals surface area contributed by atoms with E-state index in [1.165, 1.54) is 19.3 Å². The number of aromatic nitrogens is 2. The fourth-order valence-electron chi connectivity index (χ4n) is 2.93. The molecule has 1 aliphatic carbocycles. The lowest BCUT2D eigenvalue weighted by Gasteiger charge is -2.19. The highest BCUT2D eigenvalue weighted by Crippen LogP contribution is 2.38. The van der Waals surface area contributed by atoms with E-state index in [-0.39, 0.29) is 0 Å². The van der Waals surface area contributed by atoms with E-state index in [2.05, 4.69) is 15.8 Å². The maximum Gasteiger partial charge on any atom is 0.335 e. The first kappa shape index (κ1) is 12.5. The van der Waals surface area contributed by atoms with Gasteiger partial charge in [-0.1, -0.05) is 6.42 Å². The number of carbonyl (C=O) groups is 1. The van der Waals surface area contributed by atoms with Crippen molar-refractivity contribution in [3.63, 3.8) is 0 Å². The average molecular weight is 276 g/mol. The molecular weight excluding hydrogens is 260 g/mol. The third-order valence-electron chi connectivity index (χ3n) is 3.90. The molecule has 4 nitrogen and oxygen atoms in total. The van der Waals surface area contributed by atoms with Crippen molar-refractivity contribution in [1.29, 1.82) is 0 Å². The number of fused-ring (bicyclic) bond motifs is 1. The van der Waals surface area contributed by atoms with Crippen LogP contribution < -0.4 is 0 Å². The molecule has 1 aromatic carbocycles. The van der Waals surface area contributed by atoms with Crippen LogP contribution in [0.2, 0.25) is 0 Å². The van der Waals surface area contributed by atoms with E-state index < -0.39 is 5.97 Å². The van der Waals surface area contributed by atoms with Crippen LogP contribution in [0.3, 0.4) is 0 Å². The quantitative estimate of drug-likeness (QED) is 0.935. The molecular formula is C14H16N2O2S. The van der Waals surface area contributed by atoms with Crippen LogP contribution in [0.1, 0.15) is 35.7 Å². The Morgan fingerprint density at radius 1 is 1.47 bits per heavy atom. The van der Waals surface area contributed by atoms with Gasteiger partial charge >= 0.3 is 5.97 Å². The molecule has 0 aliphatic heterocycles. The molecule has 0 saturated heterocycles. The first-order valence-electron chi connectivity index (χ1n) is 6.43. The summed E-state index contributed by atoms with van der Waals surface area (Å²) in [4.78, 5) is 15.3. The number of hydrogen-bond donors (Lipinski definition) is 1. The average Bonchev–Trinajstić information content (AvgIpc) is 3.03. The third kappa shape index (κ3) is 2.12. The van der Waals surface area contributed by atoms with Gasteiger partial charge in [0, 0.05) is 11.3 Å². The predicted octanol–water partition coefficient (Wildman–Crippen LogP) is 3.19. The molecule has 0 bridgehead atoms. The van der Waals surface area contributed by atoms with Gasteiger partial charge < -0.3 is 9.67 Å². The number of carboxylic acid groups (broad SMARTS) is 1. The van der Waals surface area contributed by atoms with Crippen molar-refractivity contribution in [2.24, 2.45) is 0 Å². The van der Waals surface area contributed by atoms with Gasteiger partial charge in [-0.2, -0.15) is 11.8 Å². The maximum absolute atomic E-state index is 11.0. The van der Waals surface area contributed by atoms with E-state index in [1.54, 1.807) is 12.1 Å². The summed E-state index contributed by atoms with van der Waals surface area (Å²) in [5, 5.41) is 9.64. The number of hydrogen-bond acceptors (Lipinski definition) is 3. The summed E-state index contributed by atoms with van der Waals surface area (Å²) >= 11 is 1.91. The van der Waals surface area contributed by atoms with Gasteiger partial charge in [0.2, 0.25) is 0 Å². The van der Waals surface area contributed by atoms with Crippen molar-refractivity contribution < 1.29 is 9.90 Å². The topological polar surface area (TPSA) is 55.1 Å². The number of aromatic carboxylic acids is 1. The Bertz CT molecular complexity index is 623. The molecule has 1 saturated carbocycles. The lowest BCUT2D eigenvalue weighted by molar-refractivity contribution is 0.0697. The summed E-state index contributed by atoms with van der Waals surface area (Å²) in [6.45, 7) is 0. The Hall–Kier alpha value is -1.49. The van der Waals surface area contributed by atoms with Gasteiger partial charge in [0.05, 0.1) is 22.9 Å². The highest BCUT2D eigenvalue weighted by Gasteiger charge is 2.28. The molecule has 2 aromatic rings. The second-order valence-corrected chi connectivity index (χ2v) is 6.01. The Morgan fingerprint density at radius 3 is 3.05 bits per heavy atom. The Labute approximate surface area is 115 Å². The lowest BCUT2D eigenvalue weighted by atomic mass is 10.2. The SMILES string of the molecule is CSC1CCCC1n1cnc2cc(C(=O)O)ccc21. The zero-order valence-electron chi connectivity index (χ0n) is 10.7. The number of rotatable bonds is 3. The van der Waals surface area contributed by atoms with Crippen molar-refractivity contribution in [3.05, 3.63) is 30.1 Å². The summed E-state index contributed by atoms with van der Waals surface area (Å²) in [7, 11) is 0. The smallest absolute Gasteiger partial charge is 0.335 e. The van der Waals surface area contributed by atoms with Gasteiger partial charge in [-0.25, -0.2) is 9.78 Å². The summed E-state index contributed by atoms with van der Waals surface area (Å²) in [6, 6.07) is 5.67. The van der Waals surface area contributed by atoms with E-state index in [0.717, 1.165) is 11.0 Å². The molecule has 0 spiro atoms. The molecule has 19 heavy (non-hydrogen) atoms. The highest BCUT2D eigenvalue weighted by molar-refractivity contribution is 7.99. The minimum atomic E-state index is -0.903. The number of thioether (sulfide) groups is 1. The van der Waals surface area contributed by atoms with Crippen LogP contribution in [0.15, 0.2) is 24.5 Å². The molecule has 1 heterocycles. The molecule has 1 fully saturated rings. The van der Waals surface area contributed by atoms with Crippen LogP contribution in [0.4, 0.5) is 0 Å². The summed E-state index contributed by atoms with van der Waals surface area (Å²) in [5.41, 5.74) is 2.10. The van der Waals surface area contributed by atoms with Crippen LogP contribution in [-0.2, 0) is 0 Å². The van der Waals surface area contributed by atoms with Crippen LogP contribution in [0.25, 0.3) is 11.0 Å². The van der Waals surface area contributed by atoms with Crippen molar-refractivity contribution in [1.82, 2.24) is 9.55 Å². The van der Waals surface area contributed by atoms with Crippen LogP contribution >= 0.6 is 11.8 Å². The van der Waals surface area contributed by atoms with Crippen molar-refractivity contribution >= 4 is 28.8 Å². The normalized spacial score (nSPS) is 23.0. The minimum absolute atomic E-state index is 0.297. The number of nitrogens with zero attached hydrogens (tertiary/aromatic N) is 2. The lowest BCUT2D eigenvalue weighted by Crippen LogP contribution is -2.14. The van der Waals surface area contributed by atoms with E-state index in [9.17, 15) is 4.79 Å². The fraction of sp³-hybridized carbons (Fsp3) is 0.429. The van der Waals surface area contributed by atoms with Gasteiger partial charge in [0.15, 0.2) is 0 Å². The Kier molecular flexibility index (Phi) is 3.22. The molecule has 1 N–H and O–H groups in total. The predicted molar refractivity (Wildman–Crippen MR) is 76.9 cm³/mol. The van der Waals surface area contributed by atoms with Crippen LogP contribution in [0.5, 0.6) is 0 Å². The first-order valence-corrected chi connectivity index (χ1v) is 7.72. The molecule has 3 rings (SSSR count). The van der Waals surface area contributed by atoms with Crippen molar-refractivity contribution in [2.75, 3.05) is 6.26 Å². The standard InChI is InChI=1S/C14H16N2O2S/c1-19-13-4-2-3-12(13)16-8-15-10-7-9(14(17)18)5-6-11(10)16/h5-8,12-13H,2-4H2,1H3,(H,17,18). The molecule has 0 amide bonds. The van der Waals surface area contributed by atoms with E-state index in [0.29, 0.717) is 16.9 Å². The molecule has 2 unspecified atom stereocenters. The fourth-order valence-corrected chi connectivity index (χ4v) is 3.91. The Balaban J connectivity index is 2.03. The third-order valence-corrected chi connectivity index (χ3v) is 5.05. The van der Waals surface area contributed by atoms with Gasteiger partial charge in [0.25, 0.3) is 0 Å². The molecule has 1 aromatic heterocycles. The highest BCUT2D eigenvalue weighted by atomic mass is 32.2. The monoisotopic (exact) mass is 276 g/mol. The van der Waals surface area contributed by atoms with E-state index >= 15 is 0 Å². The van der Waals surface area contributed by atoms with Gasteiger partial charge in [-0.05, 0) is 37.3 Å². The van der Waals surface area contributed by atoms with Crippen LogP contribution in [0, 0.1) is 0 Å². The second-order valence-electron chi connectivity index (χ2n) is 4.93. The van der Waals surface area contributed by atoms with Crippen molar-refractivity contribution in [2.45, 2.75) is 30.6 Å². The molecule has 5 heteroatoms. The van der Waals surface area contributed by atoms with E-state index in [4.69, 9.17) is 5.11 Å². The molecule has 100 valence electrons. The molecule has 2 atom stereocenters. The van der Waals surface area contributed by atoms with E-state index in [1.807, 2.05) is 24.2 Å². The number of carboxylic acids is 1. The molecule has 1 aliphatic rings. The zero-order valence-corrected chi connectivity index (χ0v) is 11.6. The summed E-state index contributed by atoms with van der Waals surface area (Å²) in [5.74, 6) is -0.903. The van der Waals surface area contributed by atoms with Gasteiger partial charge in [-0.15, -0.1) is 0 Å². The number of imidazole rings is 1. The Morgan fingerprint density at radius 2 is 2.32 bits per heavy atom. The number of benzene rings is 1. The van der Waals surface area contributed by atoms with Crippen molar-refractivity contribution in [3.8, 4) is 0 Å². The zero-order chi connectivity index (χ0) is 13.4. The molecule has 0 radical (unpaired) electrons. The van der Waals surface area contributed by atoms with Gasteiger partial charge in [-0.3, -0.25) is 0 Å². The first-order chi connectivity index (χ1) is 9.20. The maximum atomic E-state index is 11.0. The second kappa shape index (κ2) is 4.89. The summed E-state index contributed by atoms with van der Waals surface area (Å²) in [6.07, 6.45) is 7.69.